The van der Waals surface area contributed by atoms with Crippen LogP contribution in [0.2, 0.25) is 0 Å². The van der Waals surface area contributed by atoms with E-state index in [4.69, 9.17) is 10.8 Å². The van der Waals surface area contributed by atoms with Crippen molar-refractivity contribution >= 4 is 17.6 Å². The van der Waals surface area contributed by atoms with Crippen LogP contribution < -0.4 is 11.1 Å². The van der Waals surface area contributed by atoms with E-state index in [-0.39, 0.29) is 11.5 Å². The van der Waals surface area contributed by atoms with Gasteiger partial charge in [-0.15, -0.1) is 0 Å². The zero-order chi connectivity index (χ0) is 13.0. The predicted octanol–water partition coefficient (Wildman–Crippen LogP) is 1.31. The number of amides is 1. The summed E-state index contributed by atoms with van der Waals surface area (Å²) >= 11 is 0. The number of rotatable bonds is 5. The van der Waals surface area contributed by atoms with E-state index in [1.54, 1.807) is 12.1 Å². The number of hydrogen-bond donors (Lipinski definition) is 3. The van der Waals surface area contributed by atoms with E-state index in [1.807, 2.05) is 13.8 Å². The van der Waals surface area contributed by atoms with Crippen LogP contribution in [0.5, 0.6) is 0 Å². The molecule has 1 rings (SSSR count). The van der Waals surface area contributed by atoms with Gasteiger partial charge in [-0.25, -0.2) is 4.79 Å². The second-order valence-electron chi connectivity index (χ2n) is 4.15. The molecular weight excluding hydrogens is 220 g/mol. The van der Waals surface area contributed by atoms with Crippen LogP contribution in [0.25, 0.3) is 0 Å². The van der Waals surface area contributed by atoms with E-state index in [1.165, 1.54) is 12.1 Å². The van der Waals surface area contributed by atoms with Gasteiger partial charge in [0.1, 0.15) is 6.04 Å². The molecule has 5 heteroatoms. The number of nitrogens with two attached hydrogens (primary N) is 1. The zero-order valence-electron chi connectivity index (χ0n) is 9.81. The number of carbonyl (C=O) groups excluding carboxylic acids is 1. The van der Waals surface area contributed by atoms with Gasteiger partial charge in [0.2, 0.25) is 5.91 Å². The maximum atomic E-state index is 11.2. The summed E-state index contributed by atoms with van der Waals surface area (Å²) in [7, 11) is 0. The fraction of sp³-hybridized carbons (Fsp3) is 0.333. The minimum atomic E-state index is -0.980. The van der Waals surface area contributed by atoms with Crippen molar-refractivity contribution in [2.45, 2.75) is 19.9 Å². The number of carboxylic acid groups (broad SMARTS) is 1. The highest BCUT2D eigenvalue weighted by atomic mass is 16.4. The molecule has 0 aromatic heterocycles. The maximum Gasteiger partial charge on any atom is 0.335 e. The summed E-state index contributed by atoms with van der Waals surface area (Å²) in [4.78, 5) is 21.8. The number of hydrogen-bond acceptors (Lipinski definition) is 3. The molecule has 0 saturated carbocycles. The summed E-state index contributed by atoms with van der Waals surface area (Å²) < 4.78 is 0. The Morgan fingerprint density at radius 3 is 2.12 bits per heavy atom. The zero-order valence-corrected chi connectivity index (χ0v) is 9.81. The molecule has 5 nitrogen and oxygen atoms in total. The van der Waals surface area contributed by atoms with Gasteiger partial charge in [0.25, 0.3) is 0 Å². The number of benzene rings is 1. The molecule has 1 aromatic carbocycles. The Balaban J connectivity index is 2.80. The Hall–Kier alpha value is -2.04. The molecule has 4 N–H and O–H groups in total. The average Bonchev–Trinajstić information content (AvgIpc) is 2.25. The molecule has 0 aliphatic carbocycles. The van der Waals surface area contributed by atoms with Crippen molar-refractivity contribution in [2.75, 3.05) is 5.32 Å². The largest absolute Gasteiger partial charge is 0.478 e. The van der Waals surface area contributed by atoms with E-state index in [0.29, 0.717) is 5.69 Å². The molecule has 1 atom stereocenters. The van der Waals surface area contributed by atoms with Gasteiger partial charge in [-0.1, -0.05) is 13.8 Å². The first-order valence-electron chi connectivity index (χ1n) is 5.31. The molecule has 0 saturated heterocycles. The highest BCUT2D eigenvalue weighted by Crippen LogP contribution is 2.14. The van der Waals surface area contributed by atoms with Crippen LogP contribution >= 0.6 is 0 Å². The average molecular weight is 236 g/mol. The molecule has 17 heavy (non-hydrogen) atoms. The molecule has 1 unspecified atom stereocenters. The van der Waals surface area contributed by atoms with Crippen LogP contribution in [0.4, 0.5) is 5.69 Å². The normalized spacial score (nSPS) is 12.2. The van der Waals surface area contributed by atoms with Gasteiger partial charge in [0.15, 0.2) is 0 Å². The maximum absolute atomic E-state index is 11.2. The molecule has 0 spiro atoms. The first kappa shape index (κ1) is 13.0. The lowest BCUT2D eigenvalue weighted by atomic mass is 10.0. The Morgan fingerprint density at radius 1 is 1.24 bits per heavy atom. The molecule has 0 aliphatic heterocycles. The highest BCUT2D eigenvalue weighted by Gasteiger charge is 2.18. The van der Waals surface area contributed by atoms with Crippen LogP contribution in [0, 0.1) is 5.92 Å². The van der Waals surface area contributed by atoms with Gasteiger partial charge in [0.05, 0.1) is 5.56 Å². The van der Waals surface area contributed by atoms with Gasteiger partial charge in [-0.3, -0.25) is 4.79 Å². The van der Waals surface area contributed by atoms with Gasteiger partial charge >= 0.3 is 5.97 Å². The Kier molecular flexibility index (Phi) is 4.09. The van der Waals surface area contributed by atoms with Crippen LogP contribution in [0.3, 0.4) is 0 Å². The van der Waals surface area contributed by atoms with Crippen molar-refractivity contribution in [1.82, 2.24) is 0 Å². The third kappa shape index (κ3) is 3.48. The first-order chi connectivity index (χ1) is 7.91. The number of carbonyl (C=O) groups is 2. The van der Waals surface area contributed by atoms with E-state index < -0.39 is 17.9 Å². The third-order valence-corrected chi connectivity index (χ3v) is 2.43. The second-order valence-corrected chi connectivity index (χ2v) is 4.15. The monoisotopic (exact) mass is 236 g/mol. The highest BCUT2D eigenvalue weighted by molar-refractivity contribution is 5.88. The molecule has 0 fully saturated rings. The topological polar surface area (TPSA) is 92.4 Å². The molecular formula is C12H16N2O3. The molecule has 1 amide bonds. The Morgan fingerprint density at radius 2 is 1.76 bits per heavy atom. The minimum absolute atomic E-state index is 0.0617. The summed E-state index contributed by atoms with van der Waals surface area (Å²) in [5, 5.41) is 11.7. The van der Waals surface area contributed by atoms with Crippen LogP contribution in [0.1, 0.15) is 24.2 Å². The van der Waals surface area contributed by atoms with Crippen molar-refractivity contribution in [1.29, 1.82) is 0 Å². The fourth-order valence-corrected chi connectivity index (χ4v) is 1.45. The summed E-state index contributed by atoms with van der Waals surface area (Å²) in [6, 6.07) is 5.71. The van der Waals surface area contributed by atoms with Gasteiger partial charge in [-0.05, 0) is 30.2 Å². The second kappa shape index (κ2) is 5.34. The molecule has 0 radical (unpaired) electrons. The Bertz CT molecular complexity index is 412. The van der Waals surface area contributed by atoms with E-state index in [2.05, 4.69) is 5.32 Å². The minimum Gasteiger partial charge on any atom is -0.478 e. The molecule has 0 bridgehead atoms. The predicted molar refractivity (Wildman–Crippen MR) is 64.8 cm³/mol. The summed E-state index contributed by atoms with van der Waals surface area (Å²) in [5.41, 5.74) is 6.15. The van der Waals surface area contributed by atoms with Crippen molar-refractivity contribution < 1.29 is 14.7 Å². The lowest BCUT2D eigenvalue weighted by Gasteiger charge is -2.20. The van der Waals surface area contributed by atoms with Gasteiger partial charge < -0.3 is 16.2 Å². The number of nitrogens with one attached hydrogen (secondary N) is 1. The van der Waals surface area contributed by atoms with Gasteiger partial charge in [-0.2, -0.15) is 0 Å². The quantitative estimate of drug-likeness (QED) is 0.718. The van der Waals surface area contributed by atoms with Crippen LogP contribution in [0.15, 0.2) is 24.3 Å². The molecule has 92 valence electrons. The van der Waals surface area contributed by atoms with Crippen LogP contribution in [-0.4, -0.2) is 23.0 Å². The van der Waals surface area contributed by atoms with E-state index in [0.717, 1.165) is 0 Å². The standard InChI is InChI=1S/C12H16N2O3/c1-7(2)10(11(13)15)14-9-5-3-8(4-6-9)12(16)17/h3-7,10,14H,1-2H3,(H2,13,15)(H,16,17). The number of anilines is 1. The molecule has 0 heterocycles. The summed E-state index contributed by atoms with van der Waals surface area (Å²) in [6.45, 7) is 3.77. The lowest BCUT2D eigenvalue weighted by Crippen LogP contribution is -2.39. The van der Waals surface area contributed by atoms with E-state index in [9.17, 15) is 9.59 Å². The van der Waals surface area contributed by atoms with Crippen molar-refractivity contribution in [3.8, 4) is 0 Å². The first-order valence-corrected chi connectivity index (χ1v) is 5.31. The molecule has 1 aromatic rings. The molecule has 0 aliphatic rings. The van der Waals surface area contributed by atoms with Gasteiger partial charge in [0, 0.05) is 5.69 Å². The third-order valence-electron chi connectivity index (χ3n) is 2.43. The fourth-order valence-electron chi connectivity index (χ4n) is 1.45. The Labute approximate surface area is 99.6 Å². The van der Waals surface area contributed by atoms with E-state index >= 15 is 0 Å². The number of primary amides is 1. The lowest BCUT2D eigenvalue weighted by molar-refractivity contribution is -0.119. The van der Waals surface area contributed by atoms with Crippen molar-refractivity contribution in [3.05, 3.63) is 29.8 Å². The van der Waals surface area contributed by atoms with Crippen LogP contribution in [-0.2, 0) is 4.79 Å². The SMILES string of the molecule is CC(C)C(Nc1ccc(C(=O)O)cc1)C(N)=O. The summed E-state index contributed by atoms with van der Waals surface area (Å²) in [6.07, 6.45) is 0. The number of carboxylic acids is 1. The van der Waals surface area contributed by atoms with Crippen molar-refractivity contribution in [2.24, 2.45) is 11.7 Å². The summed E-state index contributed by atoms with van der Waals surface area (Å²) in [5.74, 6) is -1.35. The smallest absolute Gasteiger partial charge is 0.335 e. The number of aromatic carboxylic acids is 1. The van der Waals surface area contributed by atoms with Crippen molar-refractivity contribution in [3.63, 3.8) is 0 Å².